The Morgan fingerprint density at radius 2 is 1.65 bits per heavy atom. The summed E-state index contributed by atoms with van der Waals surface area (Å²) in [5.74, 6) is -0.583. The predicted molar refractivity (Wildman–Crippen MR) is 122 cm³/mol. The van der Waals surface area contributed by atoms with Gasteiger partial charge in [0.15, 0.2) is 0 Å². The zero-order valence-electron chi connectivity index (χ0n) is 17.2. The van der Waals surface area contributed by atoms with Crippen LogP contribution in [-0.4, -0.2) is 43.6 Å². The van der Waals surface area contributed by atoms with E-state index in [0.717, 1.165) is 27.2 Å². The number of ether oxygens (including phenoxy) is 1. The molecule has 0 aliphatic heterocycles. The summed E-state index contributed by atoms with van der Waals surface area (Å²) in [7, 11) is 1.57. The summed E-state index contributed by atoms with van der Waals surface area (Å²) in [5, 5.41) is 8.32. The first-order valence-corrected chi connectivity index (χ1v) is 10.1. The fraction of sp³-hybridized carbons (Fsp3) is 0.160. The van der Waals surface area contributed by atoms with Gasteiger partial charge in [0.05, 0.1) is 29.9 Å². The highest BCUT2D eigenvalue weighted by molar-refractivity contribution is 6.09. The molecule has 0 spiro atoms. The highest BCUT2D eigenvalue weighted by Gasteiger charge is 2.15. The molecule has 1 aromatic heterocycles. The minimum Gasteiger partial charge on any atom is -0.383 e. The molecule has 1 heterocycles. The van der Waals surface area contributed by atoms with Gasteiger partial charge in [-0.3, -0.25) is 9.59 Å². The molecule has 2 amide bonds. The summed E-state index contributed by atoms with van der Waals surface area (Å²) in [6.07, 6.45) is 0. The Hall–Kier alpha value is -3.77. The number of nitrogens with zero attached hydrogens (tertiary/aromatic N) is 1. The van der Waals surface area contributed by atoms with Crippen molar-refractivity contribution in [3.05, 3.63) is 78.4 Å². The standard InChI is InChI=1S/C25H23N3O3/c1-31-14-13-26-24(29)16-27-25(30)21-15-23(28-22-12-5-4-10-20(21)22)19-11-6-8-17-7-2-3-9-18(17)19/h2-12,15H,13-14,16H2,1H3,(H,26,29)(H,27,30). The molecule has 6 heteroatoms. The molecule has 156 valence electrons. The van der Waals surface area contributed by atoms with Gasteiger partial charge in [0.25, 0.3) is 5.91 Å². The number of benzene rings is 3. The maximum atomic E-state index is 13.0. The van der Waals surface area contributed by atoms with Gasteiger partial charge in [-0.05, 0) is 22.9 Å². The Morgan fingerprint density at radius 1 is 0.903 bits per heavy atom. The lowest BCUT2D eigenvalue weighted by Crippen LogP contribution is -2.38. The number of para-hydroxylation sites is 1. The van der Waals surface area contributed by atoms with E-state index in [1.165, 1.54) is 0 Å². The second kappa shape index (κ2) is 9.36. The third-order valence-corrected chi connectivity index (χ3v) is 5.06. The van der Waals surface area contributed by atoms with E-state index in [9.17, 15) is 9.59 Å². The summed E-state index contributed by atoms with van der Waals surface area (Å²) in [5.41, 5.74) is 2.88. The van der Waals surface area contributed by atoms with E-state index >= 15 is 0 Å². The van der Waals surface area contributed by atoms with E-state index in [0.29, 0.717) is 24.4 Å². The summed E-state index contributed by atoms with van der Waals surface area (Å²) in [4.78, 5) is 29.8. The van der Waals surface area contributed by atoms with Gasteiger partial charge in [-0.25, -0.2) is 4.98 Å². The molecule has 0 aliphatic rings. The summed E-state index contributed by atoms with van der Waals surface area (Å²) < 4.78 is 4.91. The van der Waals surface area contributed by atoms with Crippen molar-refractivity contribution in [3.63, 3.8) is 0 Å². The summed E-state index contributed by atoms with van der Waals surface area (Å²) >= 11 is 0. The smallest absolute Gasteiger partial charge is 0.252 e. The van der Waals surface area contributed by atoms with Crippen LogP contribution in [-0.2, 0) is 9.53 Å². The van der Waals surface area contributed by atoms with Gasteiger partial charge in [0.1, 0.15) is 0 Å². The molecule has 6 nitrogen and oxygen atoms in total. The average Bonchev–Trinajstić information content (AvgIpc) is 2.81. The number of amides is 2. The van der Waals surface area contributed by atoms with E-state index in [-0.39, 0.29) is 18.4 Å². The molecule has 0 saturated heterocycles. The highest BCUT2D eigenvalue weighted by Crippen LogP contribution is 2.30. The number of aromatic nitrogens is 1. The van der Waals surface area contributed by atoms with Gasteiger partial charge in [-0.2, -0.15) is 0 Å². The van der Waals surface area contributed by atoms with E-state index in [1.807, 2.05) is 54.6 Å². The molecule has 4 rings (SSSR count). The molecule has 0 radical (unpaired) electrons. The molecule has 0 unspecified atom stereocenters. The van der Waals surface area contributed by atoms with Crippen LogP contribution in [0.25, 0.3) is 32.9 Å². The van der Waals surface area contributed by atoms with Crippen molar-refractivity contribution in [2.45, 2.75) is 0 Å². The molecule has 3 aromatic carbocycles. The molecule has 0 saturated carbocycles. The summed E-state index contributed by atoms with van der Waals surface area (Å²) in [6, 6.07) is 23.4. The van der Waals surface area contributed by atoms with Gasteiger partial charge in [0.2, 0.25) is 5.91 Å². The number of methoxy groups -OCH3 is 1. The second-order valence-electron chi connectivity index (χ2n) is 7.12. The first-order chi connectivity index (χ1) is 15.2. The van der Waals surface area contributed by atoms with E-state index in [4.69, 9.17) is 9.72 Å². The van der Waals surface area contributed by atoms with Crippen LogP contribution in [0.5, 0.6) is 0 Å². The van der Waals surface area contributed by atoms with Crippen LogP contribution in [0, 0.1) is 0 Å². The molecule has 0 aliphatic carbocycles. The number of nitrogens with one attached hydrogen (secondary N) is 2. The molecular weight excluding hydrogens is 390 g/mol. The molecule has 2 N–H and O–H groups in total. The van der Waals surface area contributed by atoms with Crippen molar-refractivity contribution in [3.8, 4) is 11.3 Å². The van der Waals surface area contributed by atoms with Crippen molar-refractivity contribution in [2.75, 3.05) is 26.8 Å². The van der Waals surface area contributed by atoms with Crippen LogP contribution in [0.2, 0.25) is 0 Å². The van der Waals surface area contributed by atoms with Crippen LogP contribution in [0.3, 0.4) is 0 Å². The predicted octanol–water partition coefficient (Wildman–Crippen LogP) is 3.55. The number of pyridine rings is 1. The largest absolute Gasteiger partial charge is 0.383 e. The van der Waals surface area contributed by atoms with Crippen LogP contribution in [0.15, 0.2) is 72.8 Å². The lowest BCUT2D eigenvalue weighted by molar-refractivity contribution is -0.120. The molecule has 0 atom stereocenters. The lowest BCUT2D eigenvalue weighted by atomic mass is 9.99. The first kappa shape index (κ1) is 20.5. The van der Waals surface area contributed by atoms with Crippen molar-refractivity contribution in [2.24, 2.45) is 0 Å². The van der Waals surface area contributed by atoms with Crippen molar-refractivity contribution in [1.82, 2.24) is 15.6 Å². The normalized spacial score (nSPS) is 10.9. The fourth-order valence-corrected chi connectivity index (χ4v) is 3.56. The zero-order chi connectivity index (χ0) is 21.6. The fourth-order valence-electron chi connectivity index (χ4n) is 3.56. The first-order valence-electron chi connectivity index (χ1n) is 10.1. The topological polar surface area (TPSA) is 80.3 Å². The van der Waals surface area contributed by atoms with Crippen LogP contribution in [0.4, 0.5) is 0 Å². The summed E-state index contributed by atoms with van der Waals surface area (Å²) in [6.45, 7) is 0.709. The van der Waals surface area contributed by atoms with Crippen molar-refractivity contribution in [1.29, 1.82) is 0 Å². The Kier molecular flexibility index (Phi) is 6.19. The molecular formula is C25H23N3O3. The van der Waals surface area contributed by atoms with Crippen molar-refractivity contribution < 1.29 is 14.3 Å². The minimum atomic E-state index is -0.318. The highest BCUT2D eigenvalue weighted by atomic mass is 16.5. The maximum Gasteiger partial charge on any atom is 0.252 e. The SMILES string of the molecule is COCCNC(=O)CNC(=O)c1cc(-c2cccc3ccccc23)nc2ccccc12. The molecule has 4 aromatic rings. The van der Waals surface area contributed by atoms with Crippen LogP contribution < -0.4 is 10.6 Å². The second-order valence-corrected chi connectivity index (χ2v) is 7.12. The third kappa shape index (κ3) is 4.54. The lowest BCUT2D eigenvalue weighted by Gasteiger charge is -2.12. The quantitative estimate of drug-likeness (QED) is 0.454. The van der Waals surface area contributed by atoms with Gasteiger partial charge in [0, 0.05) is 24.6 Å². The monoisotopic (exact) mass is 413 g/mol. The molecule has 0 bridgehead atoms. The van der Waals surface area contributed by atoms with Crippen LogP contribution in [0.1, 0.15) is 10.4 Å². The Bertz CT molecular complexity index is 1250. The number of carbonyl (C=O) groups is 2. The van der Waals surface area contributed by atoms with Crippen LogP contribution >= 0.6 is 0 Å². The number of carbonyl (C=O) groups excluding carboxylic acids is 2. The van der Waals surface area contributed by atoms with Crippen molar-refractivity contribution >= 4 is 33.5 Å². The van der Waals surface area contributed by atoms with Gasteiger partial charge in [-0.15, -0.1) is 0 Å². The maximum absolute atomic E-state index is 13.0. The molecule has 31 heavy (non-hydrogen) atoms. The van der Waals surface area contributed by atoms with Gasteiger partial charge >= 0.3 is 0 Å². The van der Waals surface area contributed by atoms with Gasteiger partial charge in [-0.1, -0.05) is 60.7 Å². The number of fused-ring (bicyclic) bond motifs is 2. The Labute approximate surface area is 180 Å². The Balaban J connectivity index is 1.69. The van der Waals surface area contributed by atoms with E-state index in [2.05, 4.69) is 22.8 Å². The third-order valence-electron chi connectivity index (χ3n) is 5.06. The van der Waals surface area contributed by atoms with E-state index < -0.39 is 0 Å². The van der Waals surface area contributed by atoms with E-state index in [1.54, 1.807) is 13.2 Å². The average molecular weight is 413 g/mol. The zero-order valence-corrected chi connectivity index (χ0v) is 17.2. The number of hydrogen-bond acceptors (Lipinski definition) is 4. The Morgan fingerprint density at radius 3 is 2.48 bits per heavy atom. The minimum absolute atomic E-state index is 0.108. The van der Waals surface area contributed by atoms with Gasteiger partial charge < -0.3 is 15.4 Å². The number of hydrogen-bond donors (Lipinski definition) is 2. The number of rotatable bonds is 7. The molecule has 0 fully saturated rings.